The summed E-state index contributed by atoms with van der Waals surface area (Å²) in [6.07, 6.45) is 0. The van der Waals surface area contributed by atoms with Crippen LogP contribution in [-0.2, 0) is 9.59 Å². The Morgan fingerprint density at radius 2 is 1.65 bits per heavy atom. The van der Waals surface area contributed by atoms with Crippen molar-refractivity contribution in [3.8, 4) is 17.2 Å². The van der Waals surface area contributed by atoms with Crippen molar-refractivity contribution in [1.29, 1.82) is 5.26 Å². The second-order valence-electron chi connectivity index (χ2n) is 9.18. The minimum Gasteiger partial charge on any atom is -0.478 e. The lowest BCUT2D eigenvalue weighted by molar-refractivity contribution is -0.117. The van der Waals surface area contributed by atoms with Gasteiger partial charge >= 0.3 is 5.97 Å². The number of carbonyl (C=O) groups is 4. The molecule has 3 aromatic carbocycles. The van der Waals surface area contributed by atoms with Gasteiger partial charge in [0.25, 0.3) is 5.91 Å². The third-order valence-electron chi connectivity index (χ3n) is 6.62. The molecular weight excluding hydrogens is 514 g/mol. The largest absolute Gasteiger partial charge is 0.478 e. The van der Waals surface area contributed by atoms with Crippen molar-refractivity contribution in [2.24, 2.45) is 0 Å². The number of hydrogen-bond acceptors (Lipinski definition) is 7. The number of anilines is 3. The highest BCUT2D eigenvalue weighted by atomic mass is 16.5. The van der Waals surface area contributed by atoms with Gasteiger partial charge in [-0.05, 0) is 60.5 Å². The number of hydrogen-bond donors (Lipinski definition) is 2. The van der Waals surface area contributed by atoms with Gasteiger partial charge in [-0.2, -0.15) is 5.26 Å². The van der Waals surface area contributed by atoms with Gasteiger partial charge in [-0.1, -0.05) is 11.2 Å². The molecule has 11 nitrogen and oxygen atoms in total. The molecule has 4 rings (SSSR count). The summed E-state index contributed by atoms with van der Waals surface area (Å²) >= 11 is 0. The predicted molar refractivity (Wildman–Crippen MR) is 148 cm³/mol. The van der Waals surface area contributed by atoms with Crippen LogP contribution in [0.5, 0.6) is 0 Å². The lowest BCUT2D eigenvalue weighted by Gasteiger charge is -2.22. The van der Waals surface area contributed by atoms with E-state index in [1.807, 2.05) is 25.1 Å². The number of nitrogens with zero attached hydrogens (tertiary/aromatic N) is 4. The number of aromatic carboxylic acids is 1. The maximum atomic E-state index is 13.2. The van der Waals surface area contributed by atoms with E-state index in [2.05, 4.69) is 10.5 Å². The molecule has 4 aromatic rings. The van der Waals surface area contributed by atoms with Gasteiger partial charge < -0.3 is 24.7 Å². The number of aryl methyl sites for hydroxylation is 1. The molecule has 1 heterocycles. The molecule has 0 unspecified atom stereocenters. The number of carboxylic acid groups (broad SMARTS) is 1. The van der Waals surface area contributed by atoms with E-state index in [0.717, 1.165) is 17.2 Å². The normalized spacial score (nSPS) is 10.6. The second kappa shape index (κ2) is 10.7. The summed E-state index contributed by atoms with van der Waals surface area (Å²) in [5.41, 5.74) is 3.45. The summed E-state index contributed by atoms with van der Waals surface area (Å²) in [7, 11) is 3.28. The van der Waals surface area contributed by atoms with Crippen LogP contribution < -0.4 is 15.1 Å². The Hall–Kier alpha value is -5.50. The topological polar surface area (TPSA) is 157 Å². The van der Waals surface area contributed by atoms with Gasteiger partial charge in [0.15, 0.2) is 11.3 Å². The Bertz CT molecular complexity index is 1750. The van der Waals surface area contributed by atoms with Crippen molar-refractivity contribution < 1.29 is 28.8 Å². The molecule has 0 bridgehead atoms. The number of nitriles is 1. The molecule has 11 heteroatoms. The third-order valence-corrected chi connectivity index (χ3v) is 6.62. The highest BCUT2D eigenvalue weighted by Gasteiger charge is 2.24. The molecule has 0 radical (unpaired) electrons. The number of nitrogens with one attached hydrogen (secondary N) is 1. The summed E-state index contributed by atoms with van der Waals surface area (Å²) in [6.45, 7) is 4.76. The first-order valence-corrected chi connectivity index (χ1v) is 12.0. The standard InChI is InChI=1S/C29H25N5O6/c1-15-10-19(33(4)16(2)35)7-8-20(15)21-13-26-23(12-25(21)34(5)17(3)36)27(32-40-26)28(37)31-24-9-6-18(14-30)11-22(24)29(38)39/h6-13H,1-5H3,(H,31,37)(H,38,39). The highest BCUT2D eigenvalue weighted by molar-refractivity contribution is 6.14. The summed E-state index contributed by atoms with van der Waals surface area (Å²) < 4.78 is 5.49. The van der Waals surface area contributed by atoms with Crippen LogP contribution in [0.25, 0.3) is 22.1 Å². The first-order chi connectivity index (χ1) is 18.9. The van der Waals surface area contributed by atoms with Crippen LogP contribution in [0.4, 0.5) is 17.1 Å². The number of benzene rings is 3. The first-order valence-electron chi connectivity index (χ1n) is 12.0. The first kappa shape index (κ1) is 27.5. The quantitative estimate of drug-likeness (QED) is 0.360. The average molecular weight is 540 g/mol. The van der Waals surface area contributed by atoms with Crippen LogP contribution in [0.2, 0.25) is 0 Å². The minimum atomic E-state index is -1.32. The third kappa shape index (κ3) is 5.10. The fourth-order valence-corrected chi connectivity index (χ4v) is 4.22. The van der Waals surface area contributed by atoms with Crippen molar-refractivity contribution in [3.63, 3.8) is 0 Å². The number of rotatable bonds is 6. The van der Waals surface area contributed by atoms with E-state index in [9.17, 15) is 24.3 Å². The lowest BCUT2D eigenvalue weighted by atomic mass is 9.96. The molecular formula is C29H25N5O6. The molecule has 0 atom stereocenters. The summed E-state index contributed by atoms with van der Waals surface area (Å²) in [5.74, 6) is -2.42. The monoisotopic (exact) mass is 539 g/mol. The molecule has 0 aliphatic rings. The second-order valence-corrected chi connectivity index (χ2v) is 9.18. The highest BCUT2D eigenvalue weighted by Crippen LogP contribution is 2.38. The van der Waals surface area contributed by atoms with Gasteiger partial charge in [0.2, 0.25) is 11.8 Å². The molecule has 1 aromatic heterocycles. The Labute approximate surface area is 229 Å². The van der Waals surface area contributed by atoms with Gasteiger partial charge in [-0.15, -0.1) is 0 Å². The zero-order valence-corrected chi connectivity index (χ0v) is 22.4. The summed E-state index contributed by atoms with van der Waals surface area (Å²) in [6, 6.07) is 14.5. The summed E-state index contributed by atoms with van der Waals surface area (Å²) in [4.78, 5) is 52.1. The Morgan fingerprint density at radius 3 is 2.25 bits per heavy atom. The SMILES string of the molecule is CC(=O)N(C)c1ccc(-c2cc3onc(C(=O)Nc4ccc(C#N)cc4C(=O)O)c3cc2N(C)C(C)=O)c(C)c1. The Morgan fingerprint density at radius 1 is 0.950 bits per heavy atom. The van der Waals surface area contributed by atoms with Crippen molar-refractivity contribution in [2.45, 2.75) is 20.8 Å². The summed E-state index contributed by atoms with van der Waals surface area (Å²) in [5, 5.41) is 25.4. The van der Waals surface area contributed by atoms with Gasteiger partial charge in [-0.3, -0.25) is 14.4 Å². The maximum Gasteiger partial charge on any atom is 0.337 e. The number of carboxylic acids is 1. The van der Waals surface area contributed by atoms with Crippen molar-refractivity contribution in [3.05, 3.63) is 70.9 Å². The fraction of sp³-hybridized carbons (Fsp3) is 0.172. The van der Waals surface area contributed by atoms with E-state index in [1.54, 1.807) is 32.3 Å². The minimum absolute atomic E-state index is 0.0170. The van der Waals surface area contributed by atoms with Crippen LogP contribution in [0, 0.1) is 18.3 Å². The molecule has 2 N–H and O–H groups in total. The molecule has 40 heavy (non-hydrogen) atoms. The number of carbonyl (C=O) groups excluding carboxylic acids is 3. The van der Waals surface area contributed by atoms with Crippen LogP contribution in [0.15, 0.2) is 53.1 Å². The zero-order valence-electron chi connectivity index (χ0n) is 22.4. The lowest BCUT2D eigenvalue weighted by Crippen LogP contribution is -2.24. The Balaban J connectivity index is 1.82. The molecule has 0 fully saturated rings. The van der Waals surface area contributed by atoms with E-state index in [0.29, 0.717) is 22.3 Å². The zero-order chi connectivity index (χ0) is 29.3. The van der Waals surface area contributed by atoms with Crippen LogP contribution in [0.3, 0.4) is 0 Å². The van der Waals surface area contributed by atoms with Gasteiger partial charge in [0.1, 0.15) is 0 Å². The predicted octanol–water partition coefficient (Wildman–Crippen LogP) is 4.59. The fourth-order valence-electron chi connectivity index (χ4n) is 4.22. The number of amides is 3. The van der Waals surface area contributed by atoms with Gasteiger partial charge in [-0.25, -0.2) is 4.79 Å². The number of aromatic nitrogens is 1. The van der Waals surface area contributed by atoms with E-state index in [1.165, 1.54) is 35.8 Å². The number of fused-ring (bicyclic) bond motifs is 1. The molecule has 0 saturated heterocycles. The molecule has 0 aliphatic carbocycles. The van der Waals surface area contributed by atoms with Crippen molar-refractivity contribution in [2.75, 3.05) is 29.2 Å². The van der Waals surface area contributed by atoms with Crippen molar-refractivity contribution in [1.82, 2.24) is 5.16 Å². The molecule has 0 aliphatic heterocycles. The molecule has 0 saturated carbocycles. The average Bonchev–Trinajstić information content (AvgIpc) is 3.34. The molecule has 202 valence electrons. The van der Waals surface area contributed by atoms with Crippen LogP contribution in [-0.4, -0.2) is 48.0 Å². The van der Waals surface area contributed by atoms with E-state index in [4.69, 9.17) is 9.78 Å². The van der Waals surface area contributed by atoms with Crippen LogP contribution in [0.1, 0.15) is 45.8 Å². The Kier molecular flexibility index (Phi) is 7.37. The van der Waals surface area contributed by atoms with Gasteiger partial charge in [0.05, 0.1) is 34.0 Å². The molecule has 3 amide bonds. The van der Waals surface area contributed by atoms with E-state index >= 15 is 0 Å². The molecule has 0 spiro atoms. The van der Waals surface area contributed by atoms with Crippen molar-refractivity contribution >= 4 is 51.7 Å². The smallest absolute Gasteiger partial charge is 0.337 e. The van der Waals surface area contributed by atoms with Gasteiger partial charge in [0, 0.05) is 39.2 Å². The van der Waals surface area contributed by atoms with E-state index < -0.39 is 11.9 Å². The maximum absolute atomic E-state index is 13.2. The van der Waals surface area contributed by atoms with Crippen LogP contribution >= 0.6 is 0 Å². The van der Waals surface area contributed by atoms with E-state index in [-0.39, 0.29) is 39.9 Å².